The van der Waals surface area contributed by atoms with Crippen molar-refractivity contribution < 1.29 is 38.1 Å². The minimum atomic E-state index is -0.809. The number of esters is 3. The Bertz CT molecular complexity index is 1470. The monoisotopic (exact) mass is 475 g/mol. The quantitative estimate of drug-likeness (QED) is 0.310. The van der Waals surface area contributed by atoms with Gasteiger partial charge in [-0.1, -0.05) is 30.3 Å². The van der Waals surface area contributed by atoms with Crippen molar-refractivity contribution >= 4 is 45.8 Å². The predicted octanol–water partition coefficient (Wildman–Crippen LogP) is 4.34. The highest BCUT2D eigenvalue weighted by Gasteiger charge is 2.28. The fourth-order valence-corrected chi connectivity index (χ4v) is 3.93. The third-order valence-electron chi connectivity index (χ3n) is 5.53. The van der Waals surface area contributed by atoms with Crippen molar-refractivity contribution in [2.24, 2.45) is 0 Å². The lowest BCUT2D eigenvalue weighted by Crippen LogP contribution is -2.15. The zero-order chi connectivity index (χ0) is 25.1. The summed E-state index contributed by atoms with van der Waals surface area (Å²) in [6.45, 7) is 0.0190. The van der Waals surface area contributed by atoms with Gasteiger partial charge >= 0.3 is 24.0 Å². The Morgan fingerprint density at radius 2 is 1.40 bits per heavy atom. The number of hydrogen-bond donors (Lipinski definition) is 0. The Balaban J connectivity index is 2.00. The lowest BCUT2D eigenvalue weighted by Gasteiger charge is -2.10. The fraction of sp³-hybridized carbons (Fsp3) is 0.154. The van der Waals surface area contributed by atoms with Crippen LogP contribution >= 0.6 is 0 Å². The van der Waals surface area contributed by atoms with Crippen LogP contribution in [0.1, 0.15) is 36.6 Å². The van der Waals surface area contributed by atoms with E-state index in [0.29, 0.717) is 10.9 Å². The first-order chi connectivity index (χ1) is 16.9. The summed E-state index contributed by atoms with van der Waals surface area (Å²) >= 11 is 0. The third kappa shape index (κ3) is 4.19. The van der Waals surface area contributed by atoms with Crippen molar-refractivity contribution in [1.29, 1.82) is 0 Å². The number of fused-ring (bicyclic) bond motifs is 3. The molecule has 0 amide bonds. The molecule has 4 rings (SSSR count). The first-order valence-corrected chi connectivity index (χ1v) is 10.5. The van der Waals surface area contributed by atoms with E-state index < -0.39 is 24.0 Å². The first kappa shape index (κ1) is 23.5. The van der Waals surface area contributed by atoms with Crippen LogP contribution in [0.25, 0.3) is 21.8 Å². The molecule has 9 heteroatoms. The summed E-state index contributed by atoms with van der Waals surface area (Å²) in [6.07, 6.45) is -0.707. The van der Waals surface area contributed by atoms with Crippen LogP contribution in [0.15, 0.2) is 60.7 Å². The minimum absolute atomic E-state index is 0.0190. The molecule has 4 aromatic rings. The van der Waals surface area contributed by atoms with E-state index >= 15 is 0 Å². The molecule has 0 radical (unpaired) electrons. The lowest BCUT2D eigenvalue weighted by molar-refractivity contribution is 0.0557. The summed E-state index contributed by atoms with van der Waals surface area (Å²) in [4.78, 5) is 50.7. The van der Waals surface area contributed by atoms with Gasteiger partial charge in [0, 0.05) is 10.8 Å². The first-order valence-electron chi connectivity index (χ1n) is 10.5. The fourth-order valence-electron chi connectivity index (χ4n) is 3.93. The normalized spacial score (nSPS) is 10.7. The maximum Gasteiger partial charge on any atom is 0.419 e. The maximum absolute atomic E-state index is 13.2. The highest BCUT2D eigenvalue weighted by atomic mass is 16.6. The molecule has 0 atom stereocenters. The summed E-state index contributed by atoms with van der Waals surface area (Å²) in [7, 11) is 3.61. The SMILES string of the molecule is COC(=O)c1ccc2c(c1)c1c(C(=O)OC)c(C(=O)OC)ccc1n2C(=O)OCc1ccccc1. The van der Waals surface area contributed by atoms with Gasteiger partial charge in [-0.25, -0.2) is 23.7 Å². The predicted molar refractivity (Wildman–Crippen MR) is 125 cm³/mol. The Kier molecular flexibility index (Phi) is 6.50. The molecule has 0 aliphatic heterocycles. The van der Waals surface area contributed by atoms with E-state index in [0.717, 1.165) is 5.56 Å². The number of ether oxygens (including phenoxy) is 4. The van der Waals surface area contributed by atoms with E-state index in [9.17, 15) is 19.2 Å². The molecule has 0 spiro atoms. The van der Waals surface area contributed by atoms with Crippen molar-refractivity contribution in [3.05, 3.63) is 82.9 Å². The number of carbonyl (C=O) groups excluding carboxylic acids is 4. The molecule has 3 aromatic carbocycles. The van der Waals surface area contributed by atoms with E-state index in [-0.39, 0.29) is 34.2 Å². The van der Waals surface area contributed by atoms with Crippen LogP contribution in [-0.4, -0.2) is 49.9 Å². The van der Waals surface area contributed by atoms with Gasteiger partial charge in [-0.3, -0.25) is 0 Å². The summed E-state index contributed by atoms with van der Waals surface area (Å²) < 4.78 is 21.4. The smallest absolute Gasteiger partial charge is 0.419 e. The Morgan fingerprint density at radius 1 is 0.743 bits per heavy atom. The van der Waals surface area contributed by atoms with Crippen LogP contribution < -0.4 is 0 Å². The zero-order valence-corrected chi connectivity index (χ0v) is 19.2. The number of carbonyl (C=O) groups is 4. The zero-order valence-electron chi connectivity index (χ0n) is 19.2. The molecule has 0 saturated carbocycles. The van der Waals surface area contributed by atoms with Gasteiger partial charge in [-0.05, 0) is 35.9 Å². The number of aromatic nitrogens is 1. The van der Waals surface area contributed by atoms with E-state index in [1.165, 1.54) is 50.2 Å². The number of rotatable bonds is 5. The molecule has 0 bridgehead atoms. The van der Waals surface area contributed by atoms with E-state index in [1.807, 2.05) is 30.3 Å². The van der Waals surface area contributed by atoms with Gasteiger partial charge in [-0.15, -0.1) is 0 Å². The second-order valence-electron chi connectivity index (χ2n) is 7.46. The van der Waals surface area contributed by atoms with Crippen LogP contribution in [0.3, 0.4) is 0 Å². The molecule has 0 aliphatic rings. The summed E-state index contributed by atoms with van der Waals surface area (Å²) in [5, 5.41) is 0.586. The third-order valence-corrected chi connectivity index (χ3v) is 5.53. The largest absolute Gasteiger partial charge is 0.465 e. The summed E-state index contributed by atoms with van der Waals surface area (Å²) in [5.74, 6) is -2.18. The second kappa shape index (κ2) is 9.68. The molecule has 35 heavy (non-hydrogen) atoms. The standard InChI is InChI=1S/C26H21NO8/c1-32-23(28)16-9-11-19-18(13-16)21-20(12-10-17(24(29)33-2)22(21)25(30)34-3)27(19)26(31)35-14-15-7-5-4-6-8-15/h4-13H,14H2,1-3H3. The number of nitrogens with zero attached hydrogens (tertiary/aromatic N) is 1. The van der Waals surface area contributed by atoms with Gasteiger partial charge < -0.3 is 18.9 Å². The highest BCUT2D eigenvalue weighted by Crippen LogP contribution is 2.35. The molecule has 0 saturated heterocycles. The summed E-state index contributed by atoms with van der Waals surface area (Å²) in [5.41, 5.74) is 1.48. The van der Waals surface area contributed by atoms with Crippen LogP contribution in [0, 0.1) is 0 Å². The van der Waals surface area contributed by atoms with Crippen molar-refractivity contribution in [2.75, 3.05) is 21.3 Å². The molecule has 9 nitrogen and oxygen atoms in total. The number of hydrogen-bond acceptors (Lipinski definition) is 8. The van der Waals surface area contributed by atoms with Crippen molar-refractivity contribution in [1.82, 2.24) is 4.57 Å². The molecule has 1 aromatic heterocycles. The van der Waals surface area contributed by atoms with Crippen LogP contribution in [-0.2, 0) is 25.6 Å². The number of benzene rings is 3. The van der Waals surface area contributed by atoms with Crippen LogP contribution in [0.2, 0.25) is 0 Å². The average molecular weight is 475 g/mol. The molecule has 178 valence electrons. The molecule has 0 unspecified atom stereocenters. The maximum atomic E-state index is 13.2. The van der Waals surface area contributed by atoms with E-state index in [4.69, 9.17) is 18.9 Å². The minimum Gasteiger partial charge on any atom is -0.465 e. The Labute approximate surface area is 199 Å². The molecule has 0 N–H and O–H groups in total. The van der Waals surface area contributed by atoms with Crippen LogP contribution in [0.4, 0.5) is 4.79 Å². The average Bonchev–Trinajstić information content (AvgIpc) is 3.24. The Morgan fingerprint density at radius 3 is 2.06 bits per heavy atom. The van der Waals surface area contributed by atoms with Gasteiger partial charge in [-0.2, -0.15) is 0 Å². The van der Waals surface area contributed by atoms with Gasteiger partial charge in [0.25, 0.3) is 0 Å². The van der Waals surface area contributed by atoms with E-state index in [1.54, 1.807) is 6.07 Å². The van der Waals surface area contributed by atoms with E-state index in [2.05, 4.69) is 0 Å². The lowest BCUT2D eigenvalue weighted by atomic mass is 9.99. The van der Waals surface area contributed by atoms with Crippen LogP contribution in [0.5, 0.6) is 0 Å². The second-order valence-corrected chi connectivity index (χ2v) is 7.46. The number of methoxy groups -OCH3 is 3. The van der Waals surface area contributed by atoms with Crippen molar-refractivity contribution in [2.45, 2.75) is 6.61 Å². The van der Waals surface area contributed by atoms with Crippen molar-refractivity contribution in [3.8, 4) is 0 Å². The van der Waals surface area contributed by atoms with Gasteiger partial charge in [0.2, 0.25) is 0 Å². The van der Waals surface area contributed by atoms with Crippen molar-refractivity contribution in [3.63, 3.8) is 0 Å². The van der Waals surface area contributed by atoms with Gasteiger partial charge in [0.05, 0.1) is 49.1 Å². The molecular formula is C26H21NO8. The molecule has 0 fully saturated rings. The molecule has 1 heterocycles. The summed E-state index contributed by atoms with van der Waals surface area (Å²) in [6, 6.07) is 16.6. The topological polar surface area (TPSA) is 110 Å². The molecule has 0 aliphatic carbocycles. The molecular weight excluding hydrogens is 454 g/mol. The van der Waals surface area contributed by atoms with Gasteiger partial charge in [0.1, 0.15) is 6.61 Å². The highest BCUT2D eigenvalue weighted by molar-refractivity contribution is 6.23. The van der Waals surface area contributed by atoms with Gasteiger partial charge in [0.15, 0.2) is 0 Å². The Hall–Kier alpha value is -4.66.